The Morgan fingerprint density at radius 2 is 1.90 bits per heavy atom. The molecule has 0 unspecified atom stereocenters. The first-order valence-corrected chi connectivity index (χ1v) is 7.54. The van der Waals surface area contributed by atoms with Crippen LogP contribution in [0, 0.1) is 5.92 Å². The summed E-state index contributed by atoms with van der Waals surface area (Å²) < 4.78 is 5.72. The van der Waals surface area contributed by atoms with Gasteiger partial charge in [0.25, 0.3) is 0 Å². The van der Waals surface area contributed by atoms with Crippen LogP contribution in [0.2, 0.25) is 5.02 Å². The molecule has 0 aliphatic heterocycles. The maximum absolute atomic E-state index is 5.86. The van der Waals surface area contributed by atoms with Gasteiger partial charge in [0.2, 0.25) is 5.88 Å². The van der Waals surface area contributed by atoms with E-state index in [1.165, 1.54) is 5.56 Å². The molecular formula is C17H21ClN2O. The van der Waals surface area contributed by atoms with Crippen molar-refractivity contribution in [2.24, 2.45) is 5.92 Å². The fraction of sp³-hybridized carbons (Fsp3) is 0.353. The van der Waals surface area contributed by atoms with Gasteiger partial charge in [-0.25, -0.2) is 4.98 Å². The molecule has 0 aliphatic rings. The number of hydrogen-bond donors (Lipinski definition) is 1. The molecule has 0 bridgehead atoms. The second kappa shape index (κ2) is 8.01. The first-order chi connectivity index (χ1) is 10.1. The van der Waals surface area contributed by atoms with Gasteiger partial charge in [0.15, 0.2) is 0 Å². The lowest BCUT2D eigenvalue weighted by Crippen LogP contribution is -2.18. The molecule has 0 amide bonds. The Kier molecular flexibility index (Phi) is 6.03. The molecule has 1 aromatic carbocycles. The lowest BCUT2D eigenvalue weighted by molar-refractivity contribution is 0.293. The van der Waals surface area contributed by atoms with Crippen molar-refractivity contribution in [3.63, 3.8) is 0 Å². The molecule has 0 atom stereocenters. The second-order valence-corrected chi connectivity index (χ2v) is 5.88. The topological polar surface area (TPSA) is 34.2 Å². The number of nitrogens with zero attached hydrogens (tertiary/aromatic N) is 1. The minimum Gasteiger partial charge on any atom is -0.473 e. The van der Waals surface area contributed by atoms with Gasteiger partial charge in [-0.2, -0.15) is 0 Å². The predicted octanol–water partition coefficient (Wildman–Crippen LogP) is 4.06. The van der Waals surface area contributed by atoms with E-state index < -0.39 is 0 Å². The van der Waals surface area contributed by atoms with E-state index in [1.807, 2.05) is 36.4 Å². The van der Waals surface area contributed by atoms with Crippen LogP contribution >= 0.6 is 11.6 Å². The summed E-state index contributed by atoms with van der Waals surface area (Å²) in [5.41, 5.74) is 2.25. The van der Waals surface area contributed by atoms with E-state index in [0.29, 0.717) is 18.4 Å². The molecule has 0 spiro atoms. The summed E-state index contributed by atoms with van der Waals surface area (Å²) in [5.74, 6) is 1.29. The zero-order chi connectivity index (χ0) is 15.1. The van der Waals surface area contributed by atoms with Crippen LogP contribution < -0.4 is 10.1 Å². The van der Waals surface area contributed by atoms with E-state index in [-0.39, 0.29) is 0 Å². The molecule has 4 heteroatoms. The number of hydrogen-bond acceptors (Lipinski definition) is 3. The summed E-state index contributed by atoms with van der Waals surface area (Å²) in [6.07, 6.45) is 1.78. The van der Waals surface area contributed by atoms with Crippen LogP contribution in [-0.2, 0) is 13.2 Å². The molecule has 112 valence electrons. The van der Waals surface area contributed by atoms with Crippen molar-refractivity contribution in [2.45, 2.75) is 27.0 Å². The summed E-state index contributed by atoms with van der Waals surface area (Å²) >= 11 is 5.86. The maximum Gasteiger partial charge on any atom is 0.213 e. The zero-order valence-electron chi connectivity index (χ0n) is 12.5. The van der Waals surface area contributed by atoms with E-state index in [2.05, 4.69) is 24.1 Å². The van der Waals surface area contributed by atoms with Crippen molar-refractivity contribution in [1.29, 1.82) is 0 Å². The number of rotatable bonds is 7. The van der Waals surface area contributed by atoms with Crippen molar-refractivity contribution in [3.8, 4) is 5.88 Å². The van der Waals surface area contributed by atoms with Crippen LogP contribution in [0.25, 0.3) is 0 Å². The monoisotopic (exact) mass is 304 g/mol. The molecule has 21 heavy (non-hydrogen) atoms. The van der Waals surface area contributed by atoms with Gasteiger partial charge in [-0.3, -0.25) is 0 Å². The van der Waals surface area contributed by atoms with Crippen molar-refractivity contribution >= 4 is 11.6 Å². The fourth-order valence-electron chi connectivity index (χ4n) is 1.88. The highest BCUT2D eigenvalue weighted by Crippen LogP contribution is 2.14. The third kappa shape index (κ3) is 5.74. The lowest BCUT2D eigenvalue weighted by Gasteiger charge is -2.09. The molecule has 0 saturated heterocycles. The van der Waals surface area contributed by atoms with Crippen LogP contribution in [-0.4, -0.2) is 11.5 Å². The van der Waals surface area contributed by atoms with Gasteiger partial charge in [-0.05, 0) is 41.8 Å². The number of halogens is 1. The number of pyridine rings is 1. The van der Waals surface area contributed by atoms with Crippen molar-refractivity contribution in [3.05, 3.63) is 58.7 Å². The van der Waals surface area contributed by atoms with Crippen molar-refractivity contribution in [2.75, 3.05) is 6.54 Å². The molecule has 0 radical (unpaired) electrons. The Hall–Kier alpha value is -1.58. The highest BCUT2D eigenvalue weighted by molar-refractivity contribution is 6.30. The molecule has 1 N–H and O–H groups in total. The molecule has 0 saturated carbocycles. The molecular weight excluding hydrogens is 284 g/mol. The largest absolute Gasteiger partial charge is 0.473 e. The van der Waals surface area contributed by atoms with E-state index in [4.69, 9.17) is 16.3 Å². The van der Waals surface area contributed by atoms with Gasteiger partial charge in [-0.15, -0.1) is 0 Å². The average Bonchev–Trinajstić information content (AvgIpc) is 2.47. The van der Waals surface area contributed by atoms with Gasteiger partial charge >= 0.3 is 0 Å². The highest BCUT2D eigenvalue weighted by atomic mass is 35.5. The number of nitrogens with one attached hydrogen (secondary N) is 1. The van der Waals surface area contributed by atoms with Gasteiger partial charge in [0.05, 0.1) is 0 Å². The van der Waals surface area contributed by atoms with Crippen LogP contribution in [0.15, 0.2) is 42.6 Å². The van der Waals surface area contributed by atoms with Crippen LogP contribution in [0.1, 0.15) is 25.0 Å². The summed E-state index contributed by atoms with van der Waals surface area (Å²) in [7, 11) is 0. The van der Waals surface area contributed by atoms with Crippen LogP contribution in [0.5, 0.6) is 5.88 Å². The van der Waals surface area contributed by atoms with E-state index in [0.717, 1.165) is 23.7 Å². The predicted molar refractivity (Wildman–Crippen MR) is 86.6 cm³/mol. The summed E-state index contributed by atoms with van der Waals surface area (Å²) in [6, 6.07) is 11.6. The molecule has 0 fully saturated rings. The van der Waals surface area contributed by atoms with Gasteiger partial charge in [0.1, 0.15) is 6.61 Å². The molecule has 3 nitrogen and oxygen atoms in total. The summed E-state index contributed by atoms with van der Waals surface area (Å²) in [5, 5.41) is 4.14. The quantitative estimate of drug-likeness (QED) is 0.837. The highest BCUT2D eigenvalue weighted by Gasteiger charge is 2.01. The lowest BCUT2D eigenvalue weighted by atomic mass is 10.2. The molecule has 1 aromatic heterocycles. The van der Waals surface area contributed by atoms with E-state index >= 15 is 0 Å². The SMILES string of the molecule is CC(C)CNCc1ccnc(OCc2ccc(Cl)cc2)c1. The van der Waals surface area contributed by atoms with Gasteiger partial charge < -0.3 is 10.1 Å². The number of ether oxygens (including phenoxy) is 1. The third-order valence-corrected chi connectivity index (χ3v) is 3.23. The minimum atomic E-state index is 0.493. The fourth-order valence-corrected chi connectivity index (χ4v) is 2.01. The maximum atomic E-state index is 5.86. The normalized spacial score (nSPS) is 10.9. The Morgan fingerprint density at radius 3 is 2.62 bits per heavy atom. The summed E-state index contributed by atoms with van der Waals surface area (Å²) in [4.78, 5) is 4.24. The zero-order valence-corrected chi connectivity index (χ0v) is 13.2. The number of aromatic nitrogens is 1. The van der Waals surface area contributed by atoms with E-state index in [1.54, 1.807) is 6.20 Å². The Labute approximate surface area is 131 Å². The molecule has 1 heterocycles. The third-order valence-electron chi connectivity index (χ3n) is 2.98. The first kappa shape index (κ1) is 15.8. The smallest absolute Gasteiger partial charge is 0.213 e. The average molecular weight is 305 g/mol. The molecule has 2 rings (SSSR count). The Morgan fingerprint density at radius 1 is 1.14 bits per heavy atom. The Balaban J connectivity index is 1.87. The minimum absolute atomic E-state index is 0.493. The van der Waals surface area contributed by atoms with E-state index in [9.17, 15) is 0 Å². The Bertz CT molecular complexity index is 555. The molecule has 0 aliphatic carbocycles. The van der Waals surface area contributed by atoms with Gasteiger partial charge in [0, 0.05) is 23.8 Å². The van der Waals surface area contributed by atoms with Gasteiger partial charge in [-0.1, -0.05) is 37.6 Å². The second-order valence-electron chi connectivity index (χ2n) is 5.44. The standard InChI is InChI=1S/C17H21ClN2O/c1-13(2)10-19-11-15-7-8-20-17(9-15)21-12-14-3-5-16(18)6-4-14/h3-9,13,19H,10-12H2,1-2H3. The van der Waals surface area contributed by atoms with Crippen LogP contribution in [0.3, 0.4) is 0 Å². The summed E-state index contributed by atoms with van der Waals surface area (Å²) in [6.45, 7) is 6.72. The van der Waals surface area contributed by atoms with Crippen molar-refractivity contribution in [1.82, 2.24) is 10.3 Å². The van der Waals surface area contributed by atoms with Crippen molar-refractivity contribution < 1.29 is 4.74 Å². The first-order valence-electron chi connectivity index (χ1n) is 7.16. The number of benzene rings is 1. The molecule has 2 aromatic rings. The van der Waals surface area contributed by atoms with Crippen LogP contribution in [0.4, 0.5) is 0 Å².